The van der Waals surface area contributed by atoms with Crippen LogP contribution in [0, 0.1) is 51.2 Å². The molecule has 3 nitrogen and oxygen atoms in total. The van der Waals surface area contributed by atoms with Gasteiger partial charge < -0.3 is 4.74 Å². The molecular formula is C18H26N2O. The summed E-state index contributed by atoms with van der Waals surface area (Å²) in [6, 6.07) is 4.68. The third-order valence-corrected chi connectivity index (χ3v) is 7.21. The molecule has 114 valence electrons. The number of hydrogen-bond acceptors (Lipinski definition) is 3. The first-order chi connectivity index (χ1) is 9.94. The highest BCUT2D eigenvalue weighted by atomic mass is 16.5. The number of hydrogen-bond donors (Lipinski definition) is 0. The zero-order chi connectivity index (χ0) is 15.3. The van der Waals surface area contributed by atoms with E-state index in [1.807, 2.05) is 0 Å². The van der Waals surface area contributed by atoms with Gasteiger partial charge in [-0.3, -0.25) is 0 Å². The maximum Gasteiger partial charge on any atom is 0.0883 e. The minimum Gasteiger partial charge on any atom is -0.373 e. The number of rotatable bonds is 2. The Kier molecular flexibility index (Phi) is 3.53. The molecule has 0 radical (unpaired) electrons. The van der Waals surface area contributed by atoms with Crippen LogP contribution in [0.5, 0.6) is 0 Å². The summed E-state index contributed by atoms with van der Waals surface area (Å²) in [5.74, 6) is 0.367. The average molecular weight is 286 g/mol. The fraction of sp³-hybridized carbons (Fsp3) is 0.889. The van der Waals surface area contributed by atoms with Gasteiger partial charge in [0.2, 0.25) is 0 Å². The predicted molar refractivity (Wildman–Crippen MR) is 79.9 cm³/mol. The zero-order valence-electron chi connectivity index (χ0n) is 13.4. The number of fused-ring (bicyclic) bond motifs is 2. The first-order valence-electron chi connectivity index (χ1n) is 8.38. The van der Waals surface area contributed by atoms with Crippen molar-refractivity contribution in [1.82, 2.24) is 0 Å². The largest absolute Gasteiger partial charge is 0.373 e. The molecule has 2 bridgehead atoms. The summed E-state index contributed by atoms with van der Waals surface area (Å²) in [7, 11) is 0. The van der Waals surface area contributed by atoms with Crippen LogP contribution < -0.4 is 0 Å². The number of nitrogens with zero attached hydrogens (tertiary/aromatic N) is 2. The van der Waals surface area contributed by atoms with Crippen molar-refractivity contribution < 1.29 is 4.74 Å². The molecule has 0 aliphatic heterocycles. The monoisotopic (exact) mass is 286 g/mol. The van der Waals surface area contributed by atoms with Gasteiger partial charge in [-0.05, 0) is 55.3 Å². The van der Waals surface area contributed by atoms with E-state index in [9.17, 15) is 10.5 Å². The lowest BCUT2D eigenvalue weighted by molar-refractivity contribution is -0.112. The maximum absolute atomic E-state index is 9.45. The van der Waals surface area contributed by atoms with E-state index in [0.717, 1.165) is 31.6 Å². The van der Waals surface area contributed by atoms with Gasteiger partial charge in [0, 0.05) is 0 Å². The minimum atomic E-state index is -0.241. The molecule has 3 heteroatoms. The SMILES string of the molecule is CC1(C)C2CCC1(C)C(OC1CCCC(C#N)C1C#N)C2. The number of nitriles is 2. The van der Waals surface area contributed by atoms with E-state index < -0.39 is 0 Å². The third kappa shape index (κ3) is 2.01. The molecule has 0 spiro atoms. The topological polar surface area (TPSA) is 56.8 Å². The van der Waals surface area contributed by atoms with Gasteiger partial charge in [-0.1, -0.05) is 20.8 Å². The van der Waals surface area contributed by atoms with Crippen molar-refractivity contribution in [3.05, 3.63) is 0 Å². The lowest BCUT2D eigenvalue weighted by Crippen LogP contribution is -2.42. The molecule has 0 aromatic rings. The van der Waals surface area contributed by atoms with Crippen LogP contribution in [0.3, 0.4) is 0 Å². The normalized spacial score (nSPS) is 47.8. The average Bonchev–Trinajstić information content (AvgIpc) is 2.80. The molecule has 0 aromatic carbocycles. The molecule has 0 aromatic heterocycles. The molecular weight excluding hydrogens is 260 g/mol. The second-order valence-electron chi connectivity index (χ2n) is 8.10. The van der Waals surface area contributed by atoms with E-state index in [4.69, 9.17) is 4.74 Å². The van der Waals surface area contributed by atoms with Gasteiger partial charge in [-0.2, -0.15) is 10.5 Å². The van der Waals surface area contributed by atoms with Crippen molar-refractivity contribution in [3.8, 4) is 12.1 Å². The molecule has 3 saturated carbocycles. The molecule has 0 saturated heterocycles. The van der Waals surface area contributed by atoms with E-state index in [-0.39, 0.29) is 29.5 Å². The quantitative estimate of drug-likeness (QED) is 0.769. The lowest BCUT2D eigenvalue weighted by atomic mass is 9.69. The zero-order valence-corrected chi connectivity index (χ0v) is 13.4. The van der Waals surface area contributed by atoms with Crippen molar-refractivity contribution >= 4 is 0 Å². The Balaban J connectivity index is 1.76. The molecule has 0 N–H and O–H groups in total. The van der Waals surface area contributed by atoms with Crippen molar-refractivity contribution in [3.63, 3.8) is 0 Å². The van der Waals surface area contributed by atoms with Gasteiger partial charge in [-0.15, -0.1) is 0 Å². The second kappa shape index (κ2) is 4.99. The van der Waals surface area contributed by atoms with E-state index in [1.54, 1.807) is 0 Å². The minimum absolute atomic E-state index is 0.0367. The van der Waals surface area contributed by atoms with Crippen molar-refractivity contribution in [2.75, 3.05) is 0 Å². The molecule has 6 unspecified atom stereocenters. The molecule has 0 amide bonds. The Morgan fingerprint density at radius 1 is 1.05 bits per heavy atom. The molecule has 3 rings (SSSR count). The van der Waals surface area contributed by atoms with Gasteiger partial charge in [0.15, 0.2) is 0 Å². The highest BCUT2D eigenvalue weighted by Crippen LogP contribution is 2.66. The summed E-state index contributed by atoms with van der Waals surface area (Å²) in [6.45, 7) is 7.14. The van der Waals surface area contributed by atoms with Gasteiger partial charge >= 0.3 is 0 Å². The van der Waals surface area contributed by atoms with Crippen LogP contribution in [0.25, 0.3) is 0 Å². The van der Waals surface area contributed by atoms with Gasteiger partial charge in [0.1, 0.15) is 0 Å². The van der Waals surface area contributed by atoms with Crippen LogP contribution in [0.1, 0.15) is 59.3 Å². The van der Waals surface area contributed by atoms with Gasteiger partial charge in [0.05, 0.1) is 36.2 Å². The van der Waals surface area contributed by atoms with E-state index in [2.05, 4.69) is 32.9 Å². The number of ether oxygens (including phenoxy) is 1. The van der Waals surface area contributed by atoms with Crippen LogP contribution in [0.15, 0.2) is 0 Å². The standard InChI is InChI=1S/C18H26N2O/c1-17(2)13-7-8-18(17,3)16(9-13)21-15-6-4-5-12(10-19)14(15)11-20/h12-16H,4-9H2,1-3H3. The lowest BCUT2D eigenvalue weighted by Gasteiger charge is -2.42. The molecule has 21 heavy (non-hydrogen) atoms. The Morgan fingerprint density at radius 2 is 1.81 bits per heavy atom. The van der Waals surface area contributed by atoms with Gasteiger partial charge in [0.25, 0.3) is 0 Å². The fourth-order valence-corrected chi connectivity index (χ4v) is 5.17. The summed E-state index contributed by atoms with van der Waals surface area (Å²) < 4.78 is 6.49. The van der Waals surface area contributed by atoms with Gasteiger partial charge in [-0.25, -0.2) is 0 Å². The summed E-state index contributed by atoms with van der Waals surface area (Å²) in [5.41, 5.74) is 0.570. The van der Waals surface area contributed by atoms with E-state index >= 15 is 0 Å². The third-order valence-electron chi connectivity index (χ3n) is 7.21. The Bertz CT molecular complexity index is 500. The summed E-state index contributed by atoms with van der Waals surface area (Å²) >= 11 is 0. The first-order valence-corrected chi connectivity index (χ1v) is 8.38. The van der Waals surface area contributed by atoms with Crippen molar-refractivity contribution in [2.24, 2.45) is 28.6 Å². The molecule has 6 atom stereocenters. The van der Waals surface area contributed by atoms with Crippen LogP contribution in [-0.2, 0) is 4.74 Å². The van der Waals surface area contributed by atoms with Crippen molar-refractivity contribution in [2.45, 2.75) is 71.5 Å². The van der Waals surface area contributed by atoms with E-state index in [1.165, 1.54) is 12.8 Å². The van der Waals surface area contributed by atoms with E-state index in [0.29, 0.717) is 5.41 Å². The molecule has 0 heterocycles. The predicted octanol–water partition coefficient (Wildman–Crippen LogP) is 4.05. The van der Waals surface area contributed by atoms with Crippen LogP contribution in [0.2, 0.25) is 0 Å². The smallest absolute Gasteiger partial charge is 0.0883 e. The molecule has 3 aliphatic carbocycles. The second-order valence-corrected chi connectivity index (χ2v) is 8.10. The fourth-order valence-electron chi connectivity index (χ4n) is 5.17. The Hall–Kier alpha value is -1.06. The first kappa shape index (κ1) is 14.9. The summed E-state index contributed by atoms with van der Waals surface area (Å²) in [5, 5.41) is 18.7. The highest BCUT2D eigenvalue weighted by molar-refractivity contribution is 5.12. The summed E-state index contributed by atoms with van der Waals surface area (Å²) in [4.78, 5) is 0. The Labute approximate surface area is 128 Å². The van der Waals surface area contributed by atoms with Crippen LogP contribution in [-0.4, -0.2) is 12.2 Å². The Morgan fingerprint density at radius 3 is 2.33 bits per heavy atom. The molecule has 3 aliphatic rings. The van der Waals surface area contributed by atoms with Crippen molar-refractivity contribution in [1.29, 1.82) is 10.5 Å². The molecule has 3 fully saturated rings. The highest BCUT2D eigenvalue weighted by Gasteiger charge is 2.62. The maximum atomic E-state index is 9.45. The van der Waals surface area contributed by atoms with Crippen LogP contribution >= 0.6 is 0 Å². The summed E-state index contributed by atoms with van der Waals surface area (Å²) in [6.07, 6.45) is 6.72. The van der Waals surface area contributed by atoms with Crippen LogP contribution in [0.4, 0.5) is 0 Å².